The monoisotopic (exact) mass is 174 g/mol. The highest BCUT2D eigenvalue weighted by Gasteiger charge is 2.18. The molecular formula is C7H14N2O3. The first-order valence-electron chi connectivity index (χ1n) is 3.75. The number of hydrogen-bond acceptors (Lipinski definition) is 5. The Bertz CT molecular complexity index is 179. The highest BCUT2D eigenvalue weighted by atomic mass is 16.6. The molecule has 0 aromatic heterocycles. The van der Waals surface area contributed by atoms with Crippen molar-refractivity contribution >= 4 is 11.9 Å². The van der Waals surface area contributed by atoms with Gasteiger partial charge < -0.3 is 16.2 Å². The average molecular weight is 174 g/mol. The number of nitrogens with two attached hydrogens (primary N) is 2. The van der Waals surface area contributed by atoms with E-state index in [-0.39, 0.29) is 0 Å². The molecule has 0 aromatic carbocycles. The lowest BCUT2D eigenvalue weighted by molar-refractivity contribution is -0.161. The molecule has 70 valence electrons. The Hall–Kier alpha value is -0.940. The maximum atomic E-state index is 10.9. The van der Waals surface area contributed by atoms with Gasteiger partial charge in [-0.1, -0.05) is 6.92 Å². The van der Waals surface area contributed by atoms with Crippen LogP contribution in [-0.4, -0.2) is 24.0 Å². The molecule has 0 saturated carbocycles. The summed E-state index contributed by atoms with van der Waals surface area (Å²) in [6.45, 7) is 3.16. The van der Waals surface area contributed by atoms with Crippen LogP contribution in [0.3, 0.4) is 0 Å². The van der Waals surface area contributed by atoms with Crippen molar-refractivity contribution in [3.8, 4) is 0 Å². The molecule has 4 N–H and O–H groups in total. The van der Waals surface area contributed by atoms with E-state index in [9.17, 15) is 9.59 Å². The molecule has 0 aliphatic rings. The molecule has 1 unspecified atom stereocenters. The Morgan fingerprint density at radius 3 is 2.17 bits per heavy atom. The number of carbonyl (C=O) groups is 2. The summed E-state index contributed by atoms with van der Waals surface area (Å²) in [6, 6.07) is -1.54. The lowest BCUT2D eigenvalue weighted by Gasteiger charge is -2.08. The third kappa shape index (κ3) is 3.45. The van der Waals surface area contributed by atoms with Gasteiger partial charge in [-0.15, -0.1) is 0 Å². The lowest BCUT2D eigenvalue weighted by atomic mass is 10.2. The number of carbonyl (C=O) groups excluding carboxylic acids is 2. The standard InChI is InChI=1S/C7H14N2O3/c1-3-5(9)7(11)12-6(10)4(2)8/h4-5H,3,8-9H2,1-2H3/t4-,5?/m0/s1. The predicted octanol–water partition coefficient (Wildman–Crippen LogP) is -0.859. The fraction of sp³-hybridized carbons (Fsp3) is 0.714. The van der Waals surface area contributed by atoms with Crippen molar-refractivity contribution in [1.82, 2.24) is 0 Å². The van der Waals surface area contributed by atoms with Crippen molar-refractivity contribution in [1.29, 1.82) is 0 Å². The van der Waals surface area contributed by atoms with E-state index in [1.807, 2.05) is 0 Å². The normalized spacial score (nSPS) is 15.0. The maximum Gasteiger partial charge on any atom is 0.330 e. The van der Waals surface area contributed by atoms with E-state index in [4.69, 9.17) is 11.5 Å². The molecule has 0 spiro atoms. The molecule has 0 aliphatic heterocycles. The van der Waals surface area contributed by atoms with Gasteiger partial charge in [-0.3, -0.25) is 0 Å². The van der Waals surface area contributed by atoms with Crippen LogP contribution < -0.4 is 11.5 Å². The van der Waals surface area contributed by atoms with Crippen molar-refractivity contribution in [2.75, 3.05) is 0 Å². The van der Waals surface area contributed by atoms with Crippen molar-refractivity contribution in [2.45, 2.75) is 32.4 Å². The van der Waals surface area contributed by atoms with E-state index in [1.54, 1.807) is 6.92 Å². The van der Waals surface area contributed by atoms with Crippen LogP contribution in [0.1, 0.15) is 20.3 Å². The second-order valence-corrected chi connectivity index (χ2v) is 2.54. The predicted molar refractivity (Wildman–Crippen MR) is 43.0 cm³/mol. The Kier molecular flexibility index (Phi) is 4.46. The molecule has 0 heterocycles. The molecular weight excluding hydrogens is 160 g/mol. The van der Waals surface area contributed by atoms with Gasteiger partial charge in [0, 0.05) is 0 Å². The Morgan fingerprint density at radius 1 is 1.33 bits per heavy atom. The molecule has 0 bridgehead atoms. The highest BCUT2D eigenvalue weighted by molar-refractivity contribution is 5.90. The van der Waals surface area contributed by atoms with Gasteiger partial charge in [-0.2, -0.15) is 0 Å². The van der Waals surface area contributed by atoms with Crippen LogP contribution in [0.15, 0.2) is 0 Å². The Labute approximate surface area is 71.0 Å². The smallest absolute Gasteiger partial charge is 0.330 e. The second-order valence-electron chi connectivity index (χ2n) is 2.54. The molecule has 0 radical (unpaired) electrons. The molecule has 5 heteroatoms. The molecule has 0 aliphatic carbocycles. The molecule has 0 aromatic rings. The number of ether oxygens (including phenoxy) is 1. The molecule has 0 saturated heterocycles. The fourth-order valence-electron chi connectivity index (χ4n) is 0.434. The Morgan fingerprint density at radius 2 is 1.83 bits per heavy atom. The summed E-state index contributed by atoms with van der Waals surface area (Å²) in [5.74, 6) is -1.47. The van der Waals surface area contributed by atoms with Gasteiger partial charge in [0.2, 0.25) is 0 Å². The van der Waals surface area contributed by atoms with E-state index in [1.165, 1.54) is 6.92 Å². The van der Waals surface area contributed by atoms with Gasteiger partial charge in [0.25, 0.3) is 0 Å². The quantitative estimate of drug-likeness (QED) is 0.429. The molecule has 2 atom stereocenters. The first-order chi connectivity index (χ1) is 5.49. The Balaban J connectivity index is 3.93. The summed E-state index contributed by atoms with van der Waals surface area (Å²) in [5.41, 5.74) is 10.5. The van der Waals surface area contributed by atoms with Crippen LogP contribution in [-0.2, 0) is 14.3 Å². The number of hydrogen-bond donors (Lipinski definition) is 2. The molecule has 5 nitrogen and oxygen atoms in total. The molecule has 0 rings (SSSR count). The van der Waals surface area contributed by atoms with Crippen molar-refractivity contribution in [3.63, 3.8) is 0 Å². The summed E-state index contributed by atoms with van der Waals surface area (Å²) in [4.78, 5) is 21.6. The van der Waals surface area contributed by atoms with E-state index in [0.717, 1.165) is 0 Å². The van der Waals surface area contributed by atoms with Gasteiger partial charge in [-0.05, 0) is 13.3 Å². The largest absolute Gasteiger partial charge is 0.391 e. The maximum absolute atomic E-state index is 10.9. The minimum absolute atomic E-state index is 0.436. The van der Waals surface area contributed by atoms with Crippen LogP contribution in [0, 0.1) is 0 Å². The minimum atomic E-state index is -0.794. The van der Waals surface area contributed by atoms with Gasteiger partial charge in [-0.25, -0.2) is 9.59 Å². The van der Waals surface area contributed by atoms with Gasteiger partial charge in [0.1, 0.15) is 12.1 Å². The van der Waals surface area contributed by atoms with Gasteiger partial charge in [0.15, 0.2) is 0 Å². The average Bonchev–Trinajstić information content (AvgIpc) is 2.02. The SMILES string of the molecule is CCC(N)C(=O)OC(=O)[C@H](C)N. The second kappa shape index (κ2) is 4.84. The third-order valence-corrected chi connectivity index (χ3v) is 1.32. The van der Waals surface area contributed by atoms with Crippen LogP contribution in [0.5, 0.6) is 0 Å². The van der Waals surface area contributed by atoms with Crippen LogP contribution in [0.25, 0.3) is 0 Å². The summed E-state index contributed by atoms with van der Waals surface area (Å²) < 4.78 is 4.34. The highest BCUT2D eigenvalue weighted by Crippen LogP contribution is 1.92. The van der Waals surface area contributed by atoms with Crippen LogP contribution in [0.2, 0.25) is 0 Å². The zero-order chi connectivity index (χ0) is 9.72. The third-order valence-electron chi connectivity index (χ3n) is 1.32. The van der Waals surface area contributed by atoms with E-state index >= 15 is 0 Å². The summed E-state index contributed by atoms with van der Waals surface area (Å²) in [7, 11) is 0. The van der Waals surface area contributed by atoms with Crippen LogP contribution >= 0.6 is 0 Å². The van der Waals surface area contributed by atoms with E-state index in [2.05, 4.69) is 4.74 Å². The van der Waals surface area contributed by atoms with Gasteiger partial charge in [0.05, 0.1) is 0 Å². The van der Waals surface area contributed by atoms with Crippen LogP contribution in [0.4, 0.5) is 0 Å². The van der Waals surface area contributed by atoms with Gasteiger partial charge >= 0.3 is 11.9 Å². The zero-order valence-corrected chi connectivity index (χ0v) is 7.24. The topological polar surface area (TPSA) is 95.4 Å². The van der Waals surface area contributed by atoms with Crippen molar-refractivity contribution in [2.24, 2.45) is 11.5 Å². The fourth-order valence-corrected chi connectivity index (χ4v) is 0.434. The molecule has 0 fully saturated rings. The lowest BCUT2D eigenvalue weighted by Crippen LogP contribution is -2.37. The number of esters is 2. The minimum Gasteiger partial charge on any atom is -0.391 e. The first kappa shape index (κ1) is 11.1. The summed E-state index contributed by atoms with van der Waals surface area (Å²) in [5, 5.41) is 0. The zero-order valence-electron chi connectivity index (χ0n) is 7.24. The van der Waals surface area contributed by atoms with E-state index in [0.29, 0.717) is 6.42 Å². The first-order valence-corrected chi connectivity index (χ1v) is 3.75. The summed E-state index contributed by atoms with van der Waals surface area (Å²) in [6.07, 6.45) is 0.436. The summed E-state index contributed by atoms with van der Waals surface area (Å²) >= 11 is 0. The molecule has 0 amide bonds. The van der Waals surface area contributed by atoms with Crippen molar-refractivity contribution < 1.29 is 14.3 Å². The van der Waals surface area contributed by atoms with Crippen molar-refractivity contribution in [3.05, 3.63) is 0 Å². The molecule has 12 heavy (non-hydrogen) atoms. The van der Waals surface area contributed by atoms with E-state index < -0.39 is 24.0 Å². The number of rotatable bonds is 3.